The molecule has 126 valence electrons. The van der Waals surface area contributed by atoms with E-state index in [2.05, 4.69) is 5.32 Å². The fraction of sp³-hybridized carbons (Fsp3) is 0.0500. The second-order valence-electron chi connectivity index (χ2n) is 5.60. The molecule has 0 saturated heterocycles. The largest absolute Gasteiger partial charge is 0.508 e. The van der Waals surface area contributed by atoms with Crippen molar-refractivity contribution in [3.63, 3.8) is 0 Å². The minimum absolute atomic E-state index is 0.0364. The fourth-order valence-corrected chi connectivity index (χ4v) is 2.30. The van der Waals surface area contributed by atoms with Crippen LogP contribution in [0.2, 0.25) is 0 Å². The zero-order valence-electron chi connectivity index (χ0n) is 13.6. The van der Waals surface area contributed by atoms with Gasteiger partial charge in [0, 0.05) is 11.3 Å². The Bertz CT molecular complexity index is 904. The van der Waals surface area contributed by atoms with Gasteiger partial charge in [0.2, 0.25) is 0 Å². The predicted octanol–water partition coefficient (Wildman–Crippen LogP) is 4.45. The maximum absolute atomic E-state index is 12.1. The molecule has 0 aliphatic rings. The highest BCUT2D eigenvalue weighted by molar-refractivity contribution is 6.04. The third-order valence-electron chi connectivity index (χ3n) is 3.56. The van der Waals surface area contributed by atoms with Crippen molar-refractivity contribution in [1.82, 2.24) is 0 Å². The smallest absolute Gasteiger partial charge is 0.255 e. The van der Waals surface area contributed by atoms with Crippen LogP contribution in [0.5, 0.6) is 23.0 Å². The van der Waals surface area contributed by atoms with Gasteiger partial charge in [-0.3, -0.25) is 4.79 Å². The van der Waals surface area contributed by atoms with Crippen LogP contribution in [-0.4, -0.2) is 16.1 Å². The standard InChI is InChI=1S/C20H17NO4/c1-13-5-10-19(18(23)11-13)25-17-8-6-15(7-9-17)21-20(24)14-3-2-4-16(22)12-14/h2-12,22-23H,1H3,(H,21,24). The third kappa shape index (κ3) is 4.09. The van der Waals surface area contributed by atoms with E-state index in [9.17, 15) is 15.0 Å². The van der Waals surface area contributed by atoms with Crippen LogP contribution in [0, 0.1) is 6.92 Å². The van der Waals surface area contributed by atoms with Gasteiger partial charge in [-0.2, -0.15) is 0 Å². The summed E-state index contributed by atoms with van der Waals surface area (Å²) in [6, 6.07) is 18.1. The molecule has 5 heteroatoms. The summed E-state index contributed by atoms with van der Waals surface area (Å²) in [5.41, 5.74) is 1.90. The topological polar surface area (TPSA) is 78.8 Å². The fourth-order valence-electron chi connectivity index (χ4n) is 2.30. The van der Waals surface area contributed by atoms with Crippen LogP contribution in [0.1, 0.15) is 15.9 Å². The lowest BCUT2D eigenvalue weighted by Gasteiger charge is -2.10. The highest BCUT2D eigenvalue weighted by Gasteiger charge is 2.08. The van der Waals surface area contributed by atoms with E-state index in [0.717, 1.165) is 5.56 Å². The predicted molar refractivity (Wildman–Crippen MR) is 95.4 cm³/mol. The van der Waals surface area contributed by atoms with Crippen LogP contribution < -0.4 is 10.1 Å². The molecule has 3 rings (SSSR count). The van der Waals surface area contributed by atoms with Gasteiger partial charge in [0.1, 0.15) is 11.5 Å². The van der Waals surface area contributed by atoms with Gasteiger partial charge in [0.05, 0.1) is 0 Å². The molecule has 0 aliphatic carbocycles. The zero-order chi connectivity index (χ0) is 17.8. The Morgan fingerprint density at radius 2 is 1.72 bits per heavy atom. The van der Waals surface area contributed by atoms with E-state index in [-0.39, 0.29) is 17.4 Å². The van der Waals surface area contributed by atoms with Gasteiger partial charge in [-0.15, -0.1) is 0 Å². The third-order valence-corrected chi connectivity index (χ3v) is 3.56. The van der Waals surface area contributed by atoms with Crippen molar-refractivity contribution in [2.24, 2.45) is 0 Å². The molecule has 0 radical (unpaired) electrons. The molecule has 3 aromatic rings. The molecule has 0 unspecified atom stereocenters. The van der Waals surface area contributed by atoms with E-state index >= 15 is 0 Å². The monoisotopic (exact) mass is 335 g/mol. The van der Waals surface area contributed by atoms with Crippen molar-refractivity contribution in [3.05, 3.63) is 77.9 Å². The second kappa shape index (κ2) is 6.97. The summed E-state index contributed by atoms with van der Waals surface area (Å²) in [5, 5.41) is 22.0. The number of nitrogens with one attached hydrogen (secondary N) is 1. The molecular weight excluding hydrogens is 318 g/mol. The van der Waals surface area contributed by atoms with Crippen molar-refractivity contribution < 1.29 is 19.7 Å². The van der Waals surface area contributed by atoms with E-state index in [0.29, 0.717) is 22.7 Å². The zero-order valence-corrected chi connectivity index (χ0v) is 13.6. The van der Waals surface area contributed by atoms with Crippen LogP contribution in [0.4, 0.5) is 5.69 Å². The first-order valence-electron chi connectivity index (χ1n) is 7.69. The average molecular weight is 335 g/mol. The number of amides is 1. The van der Waals surface area contributed by atoms with Gasteiger partial charge in [-0.1, -0.05) is 12.1 Å². The number of phenolic OH excluding ortho intramolecular Hbond substituents is 2. The van der Waals surface area contributed by atoms with Gasteiger partial charge < -0.3 is 20.3 Å². The SMILES string of the molecule is Cc1ccc(Oc2ccc(NC(=O)c3cccc(O)c3)cc2)c(O)c1. The number of hydrogen-bond donors (Lipinski definition) is 3. The van der Waals surface area contributed by atoms with Gasteiger partial charge in [-0.05, 0) is 67.1 Å². The van der Waals surface area contributed by atoms with E-state index < -0.39 is 0 Å². The van der Waals surface area contributed by atoms with Gasteiger partial charge in [-0.25, -0.2) is 0 Å². The molecule has 0 heterocycles. The van der Waals surface area contributed by atoms with E-state index in [1.807, 2.05) is 13.0 Å². The molecule has 0 atom stereocenters. The number of aromatic hydroxyl groups is 2. The minimum Gasteiger partial charge on any atom is -0.508 e. The van der Waals surface area contributed by atoms with Gasteiger partial charge in [0.15, 0.2) is 11.5 Å². The van der Waals surface area contributed by atoms with Crippen LogP contribution in [0.25, 0.3) is 0 Å². The number of carbonyl (C=O) groups excluding carboxylic acids is 1. The molecular formula is C20H17NO4. The first-order chi connectivity index (χ1) is 12.0. The molecule has 1 amide bonds. The number of aryl methyl sites for hydroxylation is 1. The van der Waals surface area contributed by atoms with Crippen LogP contribution in [0.3, 0.4) is 0 Å². The number of ether oxygens (including phenoxy) is 1. The Hall–Kier alpha value is -3.47. The first kappa shape index (κ1) is 16.4. The molecule has 0 spiro atoms. The summed E-state index contributed by atoms with van der Waals surface area (Å²) < 4.78 is 5.63. The first-order valence-corrected chi connectivity index (χ1v) is 7.69. The van der Waals surface area contributed by atoms with Crippen molar-refractivity contribution in [1.29, 1.82) is 0 Å². The van der Waals surface area contributed by atoms with Gasteiger partial charge in [0.25, 0.3) is 5.91 Å². The lowest BCUT2D eigenvalue weighted by Crippen LogP contribution is -2.11. The average Bonchev–Trinajstić information content (AvgIpc) is 2.59. The lowest BCUT2D eigenvalue weighted by molar-refractivity contribution is 0.102. The maximum atomic E-state index is 12.1. The van der Waals surface area contributed by atoms with Gasteiger partial charge >= 0.3 is 0 Å². The highest BCUT2D eigenvalue weighted by Crippen LogP contribution is 2.31. The molecule has 3 N–H and O–H groups in total. The summed E-state index contributed by atoms with van der Waals surface area (Å²) in [6.45, 7) is 1.88. The molecule has 0 fully saturated rings. The molecule has 0 saturated carbocycles. The van der Waals surface area contributed by atoms with E-state index in [1.54, 1.807) is 48.5 Å². The van der Waals surface area contributed by atoms with Crippen LogP contribution >= 0.6 is 0 Å². The van der Waals surface area contributed by atoms with Crippen molar-refractivity contribution in [2.45, 2.75) is 6.92 Å². The Balaban J connectivity index is 1.69. The number of anilines is 1. The maximum Gasteiger partial charge on any atom is 0.255 e. The van der Waals surface area contributed by atoms with E-state index in [4.69, 9.17) is 4.74 Å². The molecule has 0 bridgehead atoms. The number of rotatable bonds is 4. The summed E-state index contributed by atoms with van der Waals surface area (Å²) in [7, 11) is 0. The summed E-state index contributed by atoms with van der Waals surface area (Å²) in [5.74, 6) is 0.688. The molecule has 0 aromatic heterocycles. The number of phenols is 2. The Labute approximate surface area is 145 Å². The molecule has 25 heavy (non-hydrogen) atoms. The Kier molecular flexibility index (Phi) is 4.57. The van der Waals surface area contributed by atoms with E-state index in [1.165, 1.54) is 12.1 Å². The lowest BCUT2D eigenvalue weighted by atomic mass is 10.2. The number of carbonyl (C=O) groups is 1. The summed E-state index contributed by atoms with van der Waals surface area (Å²) in [4.78, 5) is 12.1. The van der Waals surface area contributed by atoms with Crippen molar-refractivity contribution >= 4 is 11.6 Å². The van der Waals surface area contributed by atoms with Crippen LogP contribution in [-0.2, 0) is 0 Å². The Morgan fingerprint density at radius 1 is 0.960 bits per heavy atom. The number of benzene rings is 3. The molecule has 5 nitrogen and oxygen atoms in total. The second-order valence-corrected chi connectivity index (χ2v) is 5.60. The summed E-state index contributed by atoms with van der Waals surface area (Å²) in [6.07, 6.45) is 0. The quantitative estimate of drug-likeness (QED) is 0.658. The number of hydrogen-bond acceptors (Lipinski definition) is 4. The normalized spacial score (nSPS) is 10.3. The minimum atomic E-state index is -0.319. The summed E-state index contributed by atoms with van der Waals surface area (Å²) >= 11 is 0. The van der Waals surface area contributed by atoms with Crippen LogP contribution in [0.15, 0.2) is 66.7 Å². The van der Waals surface area contributed by atoms with Crippen molar-refractivity contribution in [3.8, 4) is 23.0 Å². The highest BCUT2D eigenvalue weighted by atomic mass is 16.5. The Morgan fingerprint density at radius 3 is 2.40 bits per heavy atom. The molecule has 3 aromatic carbocycles. The van der Waals surface area contributed by atoms with Crippen molar-refractivity contribution in [2.75, 3.05) is 5.32 Å². The molecule has 0 aliphatic heterocycles.